The highest BCUT2D eigenvalue weighted by Gasteiger charge is 2.18. The van der Waals surface area contributed by atoms with Crippen LogP contribution in [0.2, 0.25) is 0 Å². The Morgan fingerprint density at radius 3 is 2.62 bits per heavy atom. The van der Waals surface area contributed by atoms with Gasteiger partial charge in [0.15, 0.2) is 0 Å². The van der Waals surface area contributed by atoms with Crippen molar-refractivity contribution in [2.75, 3.05) is 23.3 Å². The molecule has 1 aliphatic heterocycles. The molecule has 1 saturated heterocycles. The Balaban J connectivity index is 2.22. The maximum Gasteiger partial charge on any atom is 0.335 e. The molecule has 0 aromatic heterocycles. The normalized spacial score (nSPS) is 14.2. The molecule has 5 nitrogen and oxygen atoms in total. The van der Waals surface area contributed by atoms with Crippen LogP contribution in [0.25, 0.3) is 0 Å². The van der Waals surface area contributed by atoms with E-state index in [1.54, 1.807) is 18.2 Å². The molecular formula is C16H22N2O3. The molecule has 0 atom stereocenters. The van der Waals surface area contributed by atoms with E-state index >= 15 is 0 Å². The molecule has 1 aromatic carbocycles. The number of amides is 1. The van der Waals surface area contributed by atoms with Crippen molar-refractivity contribution in [1.82, 2.24) is 0 Å². The van der Waals surface area contributed by atoms with Crippen LogP contribution in [0.3, 0.4) is 0 Å². The highest BCUT2D eigenvalue weighted by molar-refractivity contribution is 5.97. The van der Waals surface area contributed by atoms with E-state index in [-0.39, 0.29) is 11.5 Å². The van der Waals surface area contributed by atoms with Crippen LogP contribution >= 0.6 is 0 Å². The van der Waals surface area contributed by atoms with Crippen LogP contribution in [-0.4, -0.2) is 30.1 Å². The summed E-state index contributed by atoms with van der Waals surface area (Å²) in [7, 11) is 0. The summed E-state index contributed by atoms with van der Waals surface area (Å²) in [5.74, 6) is -1.04. The minimum absolute atomic E-state index is 0.0557. The summed E-state index contributed by atoms with van der Waals surface area (Å²) < 4.78 is 0. The van der Waals surface area contributed by atoms with E-state index in [0.717, 1.165) is 44.5 Å². The van der Waals surface area contributed by atoms with Crippen LogP contribution in [0.1, 0.15) is 49.4 Å². The van der Waals surface area contributed by atoms with Crippen LogP contribution in [0, 0.1) is 0 Å². The standard InChI is InChI=1S/C16H22N2O3/c1-2-3-6-15(19)17-13-11-12(16(20)21)7-8-14(13)18-9-4-5-10-18/h7-8,11H,2-6,9-10H2,1H3,(H,17,19)(H,20,21). The summed E-state index contributed by atoms with van der Waals surface area (Å²) in [6.07, 6.45) is 4.52. The largest absolute Gasteiger partial charge is 0.478 e. The maximum atomic E-state index is 11.9. The lowest BCUT2D eigenvalue weighted by Crippen LogP contribution is -2.21. The van der Waals surface area contributed by atoms with Crippen molar-refractivity contribution >= 4 is 23.3 Å². The molecule has 1 fully saturated rings. The summed E-state index contributed by atoms with van der Waals surface area (Å²) in [6, 6.07) is 4.95. The Morgan fingerprint density at radius 2 is 2.00 bits per heavy atom. The number of carboxylic acid groups (broad SMARTS) is 1. The molecule has 2 N–H and O–H groups in total. The van der Waals surface area contributed by atoms with Gasteiger partial charge in [-0.3, -0.25) is 4.79 Å². The molecule has 114 valence electrons. The van der Waals surface area contributed by atoms with E-state index < -0.39 is 5.97 Å². The van der Waals surface area contributed by atoms with Crippen molar-refractivity contribution in [3.63, 3.8) is 0 Å². The minimum Gasteiger partial charge on any atom is -0.478 e. The molecular weight excluding hydrogens is 268 g/mol. The maximum absolute atomic E-state index is 11.9. The van der Waals surface area contributed by atoms with Gasteiger partial charge < -0.3 is 15.3 Å². The van der Waals surface area contributed by atoms with Crippen LogP contribution in [0.15, 0.2) is 18.2 Å². The SMILES string of the molecule is CCCCC(=O)Nc1cc(C(=O)O)ccc1N1CCCC1. The number of hydrogen-bond donors (Lipinski definition) is 2. The smallest absolute Gasteiger partial charge is 0.335 e. The van der Waals surface area contributed by atoms with Crippen LogP contribution in [0.4, 0.5) is 11.4 Å². The van der Waals surface area contributed by atoms with Gasteiger partial charge in [0, 0.05) is 19.5 Å². The van der Waals surface area contributed by atoms with E-state index in [2.05, 4.69) is 10.2 Å². The number of unbranched alkanes of at least 4 members (excludes halogenated alkanes) is 1. The molecule has 5 heteroatoms. The summed E-state index contributed by atoms with van der Waals surface area (Å²) in [4.78, 5) is 25.3. The van der Waals surface area contributed by atoms with Crippen molar-refractivity contribution in [2.24, 2.45) is 0 Å². The fraction of sp³-hybridized carbons (Fsp3) is 0.500. The molecule has 2 rings (SSSR count). The number of aromatic carboxylic acids is 1. The molecule has 0 unspecified atom stereocenters. The summed E-state index contributed by atoms with van der Waals surface area (Å²) in [5, 5.41) is 12.0. The number of carbonyl (C=O) groups excluding carboxylic acids is 1. The number of nitrogens with one attached hydrogen (secondary N) is 1. The quantitative estimate of drug-likeness (QED) is 0.844. The lowest BCUT2D eigenvalue weighted by molar-refractivity contribution is -0.116. The Bertz CT molecular complexity index is 522. The van der Waals surface area contributed by atoms with Crippen molar-refractivity contribution in [3.05, 3.63) is 23.8 Å². The van der Waals surface area contributed by atoms with Gasteiger partial charge in [0.1, 0.15) is 0 Å². The highest BCUT2D eigenvalue weighted by Crippen LogP contribution is 2.30. The van der Waals surface area contributed by atoms with Gasteiger partial charge in [-0.2, -0.15) is 0 Å². The number of anilines is 2. The fourth-order valence-corrected chi connectivity index (χ4v) is 2.55. The van der Waals surface area contributed by atoms with E-state index in [9.17, 15) is 9.59 Å². The lowest BCUT2D eigenvalue weighted by Gasteiger charge is -2.22. The molecule has 0 bridgehead atoms. The zero-order valence-corrected chi connectivity index (χ0v) is 12.4. The van der Waals surface area contributed by atoms with Crippen molar-refractivity contribution < 1.29 is 14.7 Å². The van der Waals surface area contributed by atoms with Gasteiger partial charge in [-0.15, -0.1) is 0 Å². The summed E-state index contributed by atoms with van der Waals surface area (Å²) >= 11 is 0. The Morgan fingerprint density at radius 1 is 1.29 bits per heavy atom. The number of nitrogens with zero attached hydrogens (tertiary/aromatic N) is 1. The molecule has 0 spiro atoms. The van der Waals surface area contributed by atoms with Gasteiger partial charge in [-0.25, -0.2) is 4.79 Å². The van der Waals surface area contributed by atoms with Gasteiger partial charge >= 0.3 is 5.97 Å². The first-order chi connectivity index (χ1) is 10.1. The fourth-order valence-electron chi connectivity index (χ4n) is 2.55. The average molecular weight is 290 g/mol. The van der Waals surface area contributed by atoms with Crippen LogP contribution in [-0.2, 0) is 4.79 Å². The van der Waals surface area contributed by atoms with Gasteiger partial charge in [0.05, 0.1) is 16.9 Å². The molecule has 1 heterocycles. The first-order valence-electron chi connectivity index (χ1n) is 7.54. The Hall–Kier alpha value is -2.04. The molecule has 1 aliphatic rings. The predicted molar refractivity (Wildman–Crippen MR) is 83.0 cm³/mol. The third kappa shape index (κ3) is 3.97. The first kappa shape index (κ1) is 15.4. The van der Waals surface area contributed by atoms with Crippen LogP contribution < -0.4 is 10.2 Å². The number of carbonyl (C=O) groups is 2. The molecule has 0 saturated carbocycles. The van der Waals surface area contributed by atoms with Crippen molar-refractivity contribution in [3.8, 4) is 0 Å². The highest BCUT2D eigenvalue weighted by atomic mass is 16.4. The third-order valence-electron chi connectivity index (χ3n) is 3.72. The molecule has 21 heavy (non-hydrogen) atoms. The second-order valence-electron chi connectivity index (χ2n) is 5.38. The van der Waals surface area contributed by atoms with E-state index in [0.29, 0.717) is 12.1 Å². The molecule has 0 radical (unpaired) electrons. The van der Waals surface area contributed by atoms with Crippen molar-refractivity contribution in [1.29, 1.82) is 0 Å². The number of carboxylic acids is 1. The lowest BCUT2D eigenvalue weighted by atomic mass is 10.1. The minimum atomic E-state index is -0.980. The van der Waals surface area contributed by atoms with Crippen LogP contribution in [0.5, 0.6) is 0 Å². The number of rotatable bonds is 6. The van der Waals surface area contributed by atoms with Crippen molar-refractivity contribution in [2.45, 2.75) is 39.0 Å². The van der Waals surface area contributed by atoms with E-state index in [1.165, 1.54) is 0 Å². The average Bonchev–Trinajstić information content (AvgIpc) is 2.99. The predicted octanol–water partition coefficient (Wildman–Crippen LogP) is 3.11. The Kier molecular flexibility index (Phi) is 5.20. The van der Waals surface area contributed by atoms with E-state index in [4.69, 9.17) is 5.11 Å². The topological polar surface area (TPSA) is 69.6 Å². The van der Waals surface area contributed by atoms with E-state index in [1.807, 2.05) is 6.92 Å². The third-order valence-corrected chi connectivity index (χ3v) is 3.72. The monoisotopic (exact) mass is 290 g/mol. The second kappa shape index (κ2) is 7.11. The van der Waals surface area contributed by atoms with Gasteiger partial charge in [0.2, 0.25) is 5.91 Å². The zero-order chi connectivity index (χ0) is 15.2. The second-order valence-corrected chi connectivity index (χ2v) is 5.38. The number of benzene rings is 1. The van der Waals surface area contributed by atoms with Gasteiger partial charge in [0.25, 0.3) is 0 Å². The summed E-state index contributed by atoms with van der Waals surface area (Å²) in [6.45, 7) is 3.93. The Labute approximate surface area is 125 Å². The van der Waals surface area contributed by atoms with Gasteiger partial charge in [-0.1, -0.05) is 13.3 Å². The zero-order valence-electron chi connectivity index (χ0n) is 12.4. The molecule has 1 amide bonds. The summed E-state index contributed by atoms with van der Waals surface area (Å²) in [5.41, 5.74) is 1.73. The molecule has 1 aromatic rings. The molecule has 0 aliphatic carbocycles. The number of hydrogen-bond acceptors (Lipinski definition) is 3. The first-order valence-corrected chi connectivity index (χ1v) is 7.54. The van der Waals surface area contributed by atoms with Gasteiger partial charge in [-0.05, 0) is 37.5 Å².